The lowest BCUT2D eigenvalue weighted by molar-refractivity contribution is -0.117. The molecule has 1 aromatic carbocycles. The molecule has 0 amide bonds. The Morgan fingerprint density at radius 3 is 2.84 bits per heavy atom. The summed E-state index contributed by atoms with van der Waals surface area (Å²) < 4.78 is 0. The number of nitrogens with zero attached hydrogens (tertiary/aromatic N) is 2. The summed E-state index contributed by atoms with van der Waals surface area (Å²) in [5.74, 6) is 0.781. The second-order valence-electron chi connectivity index (χ2n) is 4.08. The van der Waals surface area contributed by atoms with E-state index in [0.717, 1.165) is 12.2 Å². The molecule has 0 aliphatic carbocycles. The first kappa shape index (κ1) is 16.3. The highest BCUT2D eigenvalue weighted by atomic mass is 79.9. The van der Waals surface area contributed by atoms with Gasteiger partial charge in [-0.15, -0.1) is 17.0 Å². The quantitative estimate of drug-likeness (QED) is 0.892. The average molecular weight is 367 g/mol. The van der Waals surface area contributed by atoms with Crippen molar-refractivity contribution in [1.29, 1.82) is 0 Å². The number of nitrogens with one attached hydrogen (secondary N) is 1. The van der Waals surface area contributed by atoms with E-state index in [2.05, 4.69) is 10.3 Å². The monoisotopic (exact) mass is 365 g/mol. The van der Waals surface area contributed by atoms with Crippen LogP contribution in [0.2, 0.25) is 10.0 Å². The number of hydrogen-bond acceptors (Lipinski definition) is 4. The van der Waals surface area contributed by atoms with E-state index >= 15 is 0 Å². The molecule has 19 heavy (non-hydrogen) atoms. The van der Waals surface area contributed by atoms with Gasteiger partial charge in [-0.1, -0.05) is 23.2 Å². The van der Waals surface area contributed by atoms with E-state index in [0.29, 0.717) is 29.1 Å². The van der Waals surface area contributed by atoms with Crippen LogP contribution in [0, 0.1) is 0 Å². The topological polar surface area (TPSA) is 44.7 Å². The zero-order valence-corrected chi connectivity index (χ0v) is 13.5. The molecule has 0 spiro atoms. The Morgan fingerprint density at radius 2 is 2.21 bits per heavy atom. The first-order chi connectivity index (χ1) is 8.56. The van der Waals surface area contributed by atoms with Crippen molar-refractivity contribution in [2.75, 3.05) is 25.0 Å². The van der Waals surface area contributed by atoms with Gasteiger partial charge < -0.3 is 10.2 Å². The molecular weight excluding hydrogens is 353 g/mol. The lowest BCUT2D eigenvalue weighted by atomic mass is 10.3. The van der Waals surface area contributed by atoms with Gasteiger partial charge in [0, 0.05) is 11.6 Å². The Hall–Kier alpha value is -0.780. The van der Waals surface area contributed by atoms with Crippen molar-refractivity contribution in [1.82, 2.24) is 4.90 Å². The van der Waals surface area contributed by atoms with Crippen LogP contribution >= 0.6 is 40.2 Å². The van der Waals surface area contributed by atoms with Crippen molar-refractivity contribution in [3.63, 3.8) is 0 Å². The van der Waals surface area contributed by atoms with E-state index in [1.165, 1.54) is 0 Å². The number of ketones is 1. The fourth-order valence-corrected chi connectivity index (χ4v) is 2.19. The lowest BCUT2D eigenvalue weighted by Gasteiger charge is -2.20. The predicted octanol–water partition coefficient (Wildman–Crippen LogP) is 3.24. The van der Waals surface area contributed by atoms with Crippen LogP contribution in [0.1, 0.15) is 6.92 Å². The number of aliphatic imine (C=N–C) groups is 1. The summed E-state index contributed by atoms with van der Waals surface area (Å²) in [6.45, 7) is 3.34. The number of halogens is 3. The lowest BCUT2D eigenvalue weighted by Crippen LogP contribution is -2.36. The van der Waals surface area contributed by atoms with Gasteiger partial charge in [-0.25, -0.2) is 0 Å². The standard InChI is InChI=1S/C12H13Cl2N3O.BrH/c1-8(18)7-17-5-4-15-12(17)16-11-3-2-9(13)6-10(11)14;/h2-3,6H,4-5,7H2,1H3,(H,15,16);1H. The average Bonchev–Trinajstić information content (AvgIpc) is 2.69. The van der Waals surface area contributed by atoms with Gasteiger partial charge >= 0.3 is 0 Å². The Kier molecular flexibility index (Phi) is 6.10. The van der Waals surface area contributed by atoms with Crippen LogP contribution in [0.4, 0.5) is 5.69 Å². The van der Waals surface area contributed by atoms with E-state index < -0.39 is 0 Å². The summed E-state index contributed by atoms with van der Waals surface area (Å²) in [5, 5.41) is 4.24. The summed E-state index contributed by atoms with van der Waals surface area (Å²) in [7, 11) is 0. The largest absolute Gasteiger partial charge is 0.334 e. The number of rotatable bonds is 3. The second-order valence-corrected chi connectivity index (χ2v) is 4.92. The van der Waals surface area contributed by atoms with Gasteiger partial charge in [0.1, 0.15) is 5.78 Å². The Balaban J connectivity index is 0.00000180. The summed E-state index contributed by atoms with van der Waals surface area (Å²) in [5.41, 5.74) is 0.732. The van der Waals surface area contributed by atoms with E-state index in [9.17, 15) is 4.79 Å². The predicted molar refractivity (Wildman–Crippen MR) is 85.0 cm³/mol. The highest BCUT2D eigenvalue weighted by Gasteiger charge is 2.18. The van der Waals surface area contributed by atoms with Gasteiger partial charge in [0.25, 0.3) is 0 Å². The number of carbonyl (C=O) groups excluding carboxylic acids is 1. The third kappa shape index (κ3) is 4.37. The van der Waals surface area contributed by atoms with Crippen LogP contribution in [-0.4, -0.2) is 36.3 Å². The number of carbonyl (C=O) groups is 1. The van der Waals surface area contributed by atoms with Crippen molar-refractivity contribution < 1.29 is 4.79 Å². The molecule has 0 saturated heterocycles. The van der Waals surface area contributed by atoms with Crippen LogP contribution in [0.3, 0.4) is 0 Å². The van der Waals surface area contributed by atoms with Crippen LogP contribution in [0.5, 0.6) is 0 Å². The number of anilines is 1. The van der Waals surface area contributed by atoms with Crippen LogP contribution in [0.15, 0.2) is 23.2 Å². The Bertz CT molecular complexity index is 508. The molecule has 0 bridgehead atoms. The Labute approximate surface area is 132 Å². The highest BCUT2D eigenvalue weighted by molar-refractivity contribution is 8.93. The van der Waals surface area contributed by atoms with E-state index in [4.69, 9.17) is 23.2 Å². The third-order valence-electron chi connectivity index (χ3n) is 2.52. The zero-order valence-electron chi connectivity index (χ0n) is 10.3. The van der Waals surface area contributed by atoms with E-state index in [1.807, 2.05) is 4.90 Å². The molecule has 104 valence electrons. The maximum absolute atomic E-state index is 11.1. The van der Waals surface area contributed by atoms with Gasteiger partial charge in [0.05, 0.1) is 23.8 Å². The molecular formula is C12H14BrCl2N3O. The van der Waals surface area contributed by atoms with Crippen molar-refractivity contribution in [2.24, 2.45) is 4.99 Å². The van der Waals surface area contributed by atoms with Crippen molar-refractivity contribution in [2.45, 2.75) is 6.92 Å². The fraction of sp³-hybridized carbons (Fsp3) is 0.333. The zero-order chi connectivity index (χ0) is 13.1. The summed E-state index contributed by atoms with van der Waals surface area (Å²) in [6, 6.07) is 5.20. The molecule has 1 aliphatic rings. The third-order valence-corrected chi connectivity index (χ3v) is 3.07. The number of Topliss-reactive ketones (excluding diaryl/α,β-unsaturated/α-hetero) is 1. The number of hydrogen-bond donors (Lipinski definition) is 1. The molecule has 1 N–H and O–H groups in total. The summed E-state index contributed by atoms with van der Waals surface area (Å²) in [6.07, 6.45) is 0. The molecule has 0 radical (unpaired) electrons. The SMILES string of the molecule is Br.CC(=O)CN1CCN=C1Nc1ccc(Cl)cc1Cl. The van der Waals surface area contributed by atoms with Gasteiger partial charge in [0.15, 0.2) is 5.96 Å². The van der Waals surface area contributed by atoms with Crippen molar-refractivity contribution in [3.05, 3.63) is 28.2 Å². The number of guanidine groups is 1. The molecule has 0 aromatic heterocycles. The van der Waals surface area contributed by atoms with E-state index in [1.54, 1.807) is 25.1 Å². The van der Waals surface area contributed by atoms with Crippen molar-refractivity contribution in [3.8, 4) is 0 Å². The molecule has 7 heteroatoms. The number of benzene rings is 1. The molecule has 1 aliphatic heterocycles. The molecule has 2 rings (SSSR count). The van der Waals surface area contributed by atoms with Gasteiger partial charge in [-0.3, -0.25) is 9.79 Å². The first-order valence-electron chi connectivity index (χ1n) is 5.57. The van der Waals surface area contributed by atoms with Crippen LogP contribution < -0.4 is 5.32 Å². The fourth-order valence-electron chi connectivity index (χ4n) is 1.74. The minimum atomic E-state index is 0. The van der Waals surface area contributed by atoms with Gasteiger partial charge in [0.2, 0.25) is 0 Å². The molecule has 1 heterocycles. The molecule has 0 fully saturated rings. The molecule has 1 aromatic rings. The minimum Gasteiger partial charge on any atom is -0.334 e. The van der Waals surface area contributed by atoms with E-state index in [-0.39, 0.29) is 22.8 Å². The molecule has 4 nitrogen and oxygen atoms in total. The summed E-state index contributed by atoms with van der Waals surface area (Å²) >= 11 is 11.9. The first-order valence-corrected chi connectivity index (χ1v) is 6.33. The smallest absolute Gasteiger partial charge is 0.199 e. The molecule has 0 saturated carbocycles. The van der Waals surface area contributed by atoms with Gasteiger partial charge in [-0.2, -0.15) is 0 Å². The summed E-state index contributed by atoms with van der Waals surface area (Å²) in [4.78, 5) is 17.4. The maximum atomic E-state index is 11.1. The molecule has 0 atom stereocenters. The maximum Gasteiger partial charge on any atom is 0.199 e. The minimum absolute atomic E-state index is 0. The Morgan fingerprint density at radius 1 is 1.47 bits per heavy atom. The second kappa shape index (κ2) is 7.12. The van der Waals surface area contributed by atoms with Crippen LogP contribution in [0.25, 0.3) is 0 Å². The van der Waals surface area contributed by atoms with Crippen molar-refractivity contribution >= 4 is 57.6 Å². The van der Waals surface area contributed by atoms with Gasteiger partial charge in [-0.05, 0) is 25.1 Å². The van der Waals surface area contributed by atoms with Crippen LogP contribution in [-0.2, 0) is 4.79 Å². The molecule has 0 unspecified atom stereocenters. The highest BCUT2D eigenvalue weighted by Crippen LogP contribution is 2.25. The normalized spacial score (nSPS) is 13.8.